The summed E-state index contributed by atoms with van der Waals surface area (Å²) in [5, 5.41) is 20.6. The Morgan fingerprint density at radius 1 is 0.894 bits per heavy atom. The van der Waals surface area contributed by atoms with Gasteiger partial charge in [0.15, 0.2) is 6.10 Å². The first-order valence-corrected chi connectivity index (χ1v) is 17.2. The molecule has 47 heavy (non-hydrogen) atoms. The van der Waals surface area contributed by atoms with Crippen molar-refractivity contribution in [1.29, 1.82) is 0 Å². The van der Waals surface area contributed by atoms with Crippen molar-refractivity contribution in [3.63, 3.8) is 0 Å². The van der Waals surface area contributed by atoms with Gasteiger partial charge in [-0.05, 0) is 56.1 Å². The first kappa shape index (κ1) is 38.1. The Morgan fingerprint density at radius 2 is 1.45 bits per heavy atom. The van der Waals surface area contributed by atoms with E-state index in [-0.39, 0.29) is 29.5 Å². The number of benzene rings is 2. The van der Waals surface area contributed by atoms with Gasteiger partial charge in [0.25, 0.3) is 5.91 Å². The first-order valence-electron chi connectivity index (χ1n) is 16.3. The van der Waals surface area contributed by atoms with Crippen molar-refractivity contribution in [2.45, 2.75) is 110 Å². The molecule has 0 aliphatic carbocycles. The predicted molar refractivity (Wildman–Crippen MR) is 189 cm³/mol. The number of carbonyl (C=O) groups is 4. The van der Waals surface area contributed by atoms with Gasteiger partial charge in [-0.3, -0.25) is 19.2 Å². The first-order chi connectivity index (χ1) is 21.6. The number of aliphatic hydroxyl groups is 1. The molecule has 0 saturated carbocycles. The van der Waals surface area contributed by atoms with Gasteiger partial charge in [0.1, 0.15) is 12.1 Å². The third kappa shape index (κ3) is 9.83. The number of aliphatic hydroxyl groups excluding tert-OH is 1. The molecule has 2 aromatic rings. The number of amides is 4. The van der Waals surface area contributed by atoms with Gasteiger partial charge < -0.3 is 26.0 Å². The number of nitrogens with zero attached hydrogens (tertiary/aromatic N) is 1. The topological polar surface area (TPSA) is 128 Å². The second-order valence-electron chi connectivity index (χ2n) is 15.9. The number of rotatable bonds is 11. The smallest absolute Gasteiger partial charge is 0.254 e. The average Bonchev–Trinajstić information content (AvgIpc) is 3.31. The van der Waals surface area contributed by atoms with Gasteiger partial charge in [-0.15, -0.1) is 11.8 Å². The van der Waals surface area contributed by atoms with E-state index in [0.717, 1.165) is 11.1 Å². The fourth-order valence-corrected chi connectivity index (χ4v) is 6.69. The molecule has 0 bridgehead atoms. The van der Waals surface area contributed by atoms with E-state index in [4.69, 9.17) is 0 Å². The molecule has 4 N–H and O–H groups in total. The standard InChI is InChI=1S/C37H54N4O5S/c1-34(2,3)22-38-31(44)29-37(9,10)47-23-41(29)32(45)27(42)26(21-24-17-13-11-14-18-24)39-30(43)28(35(4,5)6)40-33(46)36(7,8)25-19-15-12-16-20-25/h11-20,26-29,42H,21-23H2,1-10H3,(H,38,44)(H,39,43)(H,40,46)/t26-,27-,28+,29+/m0/s1. The molecular formula is C37H54N4O5S. The zero-order valence-electron chi connectivity index (χ0n) is 29.6. The van der Waals surface area contributed by atoms with Crippen LogP contribution < -0.4 is 16.0 Å². The van der Waals surface area contributed by atoms with Crippen molar-refractivity contribution in [3.8, 4) is 0 Å². The van der Waals surface area contributed by atoms with Crippen LogP contribution in [0.15, 0.2) is 60.7 Å². The summed E-state index contributed by atoms with van der Waals surface area (Å²) in [7, 11) is 0. The van der Waals surface area contributed by atoms with Gasteiger partial charge >= 0.3 is 0 Å². The maximum atomic E-state index is 14.1. The Morgan fingerprint density at radius 3 is 1.98 bits per heavy atom. The summed E-state index contributed by atoms with van der Waals surface area (Å²) in [5.74, 6) is -1.54. The largest absolute Gasteiger partial charge is 0.381 e. The van der Waals surface area contributed by atoms with Crippen LogP contribution in [0.3, 0.4) is 0 Å². The van der Waals surface area contributed by atoms with E-state index in [0.29, 0.717) is 6.54 Å². The Hall–Kier alpha value is -3.37. The van der Waals surface area contributed by atoms with Crippen molar-refractivity contribution in [1.82, 2.24) is 20.9 Å². The van der Waals surface area contributed by atoms with Crippen LogP contribution in [0.1, 0.15) is 80.4 Å². The lowest BCUT2D eigenvalue weighted by atomic mass is 9.81. The third-order valence-corrected chi connectivity index (χ3v) is 9.97. The molecule has 258 valence electrons. The second-order valence-corrected chi connectivity index (χ2v) is 17.5. The van der Waals surface area contributed by atoms with Crippen LogP contribution >= 0.6 is 11.8 Å². The quantitative estimate of drug-likeness (QED) is 0.281. The highest BCUT2D eigenvalue weighted by atomic mass is 32.2. The number of hydrogen-bond acceptors (Lipinski definition) is 6. The number of thioether (sulfide) groups is 1. The summed E-state index contributed by atoms with van der Waals surface area (Å²) in [4.78, 5) is 56.7. The van der Waals surface area contributed by atoms with Crippen LogP contribution in [-0.4, -0.2) is 75.0 Å². The lowest BCUT2D eigenvalue weighted by Gasteiger charge is -2.36. The SMILES string of the molecule is CC(C)(C)CNC(=O)[C@H]1N(C(=O)[C@@H](O)[C@H](Cc2ccccc2)NC(=O)[C@@H](NC(=O)C(C)(C)c2ccccc2)C(C)(C)C)CSC1(C)C. The monoisotopic (exact) mass is 666 g/mol. The van der Waals surface area contributed by atoms with Crippen LogP contribution in [0.2, 0.25) is 0 Å². The summed E-state index contributed by atoms with van der Waals surface area (Å²) < 4.78 is -0.595. The minimum atomic E-state index is -1.65. The molecule has 0 radical (unpaired) electrons. The molecule has 4 atom stereocenters. The molecule has 3 rings (SSSR count). The molecule has 4 amide bonds. The maximum Gasteiger partial charge on any atom is 0.254 e. The van der Waals surface area contributed by atoms with Gasteiger partial charge in [0, 0.05) is 11.3 Å². The van der Waals surface area contributed by atoms with E-state index < -0.39 is 51.6 Å². The van der Waals surface area contributed by atoms with Gasteiger partial charge in [-0.2, -0.15) is 0 Å². The van der Waals surface area contributed by atoms with Gasteiger partial charge in [-0.1, -0.05) is 102 Å². The fraction of sp³-hybridized carbons (Fsp3) is 0.568. The van der Waals surface area contributed by atoms with Crippen LogP contribution in [0.5, 0.6) is 0 Å². The molecule has 0 unspecified atom stereocenters. The van der Waals surface area contributed by atoms with Crippen molar-refractivity contribution >= 4 is 35.4 Å². The van der Waals surface area contributed by atoms with E-state index in [1.165, 1.54) is 16.7 Å². The molecule has 10 heteroatoms. The molecule has 1 saturated heterocycles. The highest BCUT2D eigenvalue weighted by Crippen LogP contribution is 2.40. The summed E-state index contributed by atoms with van der Waals surface area (Å²) in [5.41, 5.74) is -0.166. The summed E-state index contributed by atoms with van der Waals surface area (Å²) >= 11 is 1.47. The minimum absolute atomic E-state index is 0.152. The second kappa shape index (κ2) is 14.8. The molecule has 1 aliphatic rings. The Bertz CT molecular complexity index is 1400. The Balaban J connectivity index is 1.90. The maximum absolute atomic E-state index is 14.1. The van der Waals surface area contributed by atoms with Crippen molar-refractivity contribution < 1.29 is 24.3 Å². The number of nitrogens with one attached hydrogen (secondary N) is 3. The molecular weight excluding hydrogens is 612 g/mol. The van der Waals surface area contributed by atoms with Crippen LogP contribution in [-0.2, 0) is 31.0 Å². The van der Waals surface area contributed by atoms with E-state index >= 15 is 0 Å². The highest BCUT2D eigenvalue weighted by molar-refractivity contribution is 8.00. The van der Waals surface area contributed by atoms with Crippen LogP contribution in [0.25, 0.3) is 0 Å². The molecule has 1 aliphatic heterocycles. The molecule has 1 fully saturated rings. The van der Waals surface area contributed by atoms with Crippen LogP contribution in [0.4, 0.5) is 0 Å². The molecule has 2 aromatic carbocycles. The van der Waals surface area contributed by atoms with E-state index in [1.54, 1.807) is 13.8 Å². The average molecular weight is 667 g/mol. The molecule has 9 nitrogen and oxygen atoms in total. The molecule has 0 aromatic heterocycles. The normalized spacial score (nSPS) is 18.5. The van der Waals surface area contributed by atoms with E-state index in [2.05, 4.69) is 16.0 Å². The summed E-state index contributed by atoms with van der Waals surface area (Å²) in [6.07, 6.45) is -1.49. The predicted octanol–water partition coefficient (Wildman–Crippen LogP) is 4.43. The summed E-state index contributed by atoms with van der Waals surface area (Å²) in [6.45, 7) is 19.5. The van der Waals surface area contributed by atoms with Crippen molar-refractivity contribution in [3.05, 3.63) is 71.8 Å². The lowest BCUT2D eigenvalue weighted by Crippen LogP contribution is -2.62. The lowest BCUT2D eigenvalue weighted by molar-refractivity contribution is -0.148. The van der Waals surface area contributed by atoms with Crippen molar-refractivity contribution in [2.24, 2.45) is 10.8 Å². The number of carbonyl (C=O) groups excluding carboxylic acids is 4. The summed E-state index contributed by atoms with van der Waals surface area (Å²) in [6, 6.07) is 15.8. The Kier molecular flexibility index (Phi) is 12.0. The van der Waals surface area contributed by atoms with Crippen LogP contribution in [0, 0.1) is 10.8 Å². The van der Waals surface area contributed by atoms with E-state index in [9.17, 15) is 24.3 Å². The molecule has 0 spiro atoms. The van der Waals surface area contributed by atoms with Crippen molar-refractivity contribution in [2.75, 3.05) is 12.4 Å². The Labute approximate surface area is 285 Å². The third-order valence-electron chi connectivity index (χ3n) is 8.60. The molecule has 1 heterocycles. The minimum Gasteiger partial charge on any atom is -0.381 e. The number of hydrogen-bond donors (Lipinski definition) is 4. The fourth-order valence-electron chi connectivity index (χ4n) is 5.55. The zero-order chi connectivity index (χ0) is 35.4. The van der Waals surface area contributed by atoms with Gasteiger partial charge in [0.05, 0.1) is 17.3 Å². The van der Waals surface area contributed by atoms with Gasteiger partial charge in [0.2, 0.25) is 17.7 Å². The zero-order valence-corrected chi connectivity index (χ0v) is 30.5. The highest BCUT2D eigenvalue weighted by Gasteiger charge is 2.50. The van der Waals surface area contributed by atoms with Gasteiger partial charge in [-0.25, -0.2) is 0 Å². The van der Waals surface area contributed by atoms with E-state index in [1.807, 2.05) is 116 Å².